The van der Waals surface area contributed by atoms with Crippen molar-refractivity contribution < 1.29 is 0 Å². The summed E-state index contributed by atoms with van der Waals surface area (Å²) in [7, 11) is -0.463. The van der Waals surface area contributed by atoms with Crippen LogP contribution in [-0.4, -0.2) is 13.8 Å². The molecule has 2 rings (SSSR count). The molecule has 1 fully saturated rings. The molecule has 11 heavy (non-hydrogen) atoms. The van der Waals surface area contributed by atoms with E-state index in [1.165, 1.54) is 18.5 Å². The van der Waals surface area contributed by atoms with Crippen LogP contribution in [0.25, 0.3) is 0 Å². The lowest BCUT2D eigenvalue weighted by Crippen LogP contribution is -2.36. The zero-order valence-electron chi connectivity index (χ0n) is 6.26. The Morgan fingerprint density at radius 2 is 2.18 bits per heavy atom. The van der Waals surface area contributed by atoms with Crippen LogP contribution in [0.4, 0.5) is 0 Å². The average molecular weight is 228 g/mol. The van der Waals surface area contributed by atoms with Crippen molar-refractivity contribution in [3.8, 4) is 0 Å². The summed E-state index contributed by atoms with van der Waals surface area (Å²) < 4.78 is 0.953. The van der Waals surface area contributed by atoms with Gasteiger partial charge >= 0.3 is 0 Å². The minimum atomic E-state index is -0.463. The summed E-state index contributed by atoms with van der Waals surface area (Å²) in [6.07, 6.45) is 3.49. The molecule has 1 nitrogen and oxygen atoms in total. The Kier molecular flexibility index (Phi) is 2.09. The van der Waals surface area contributed by atoms with Gasteiger partial charge in [-0.2, -0.15) is 0 Å². The standard InChI is InChI=1S/C8H10BrNSi/c9-8-3-2-7(6-10-8)11-4-1-5-11/h2-3,6,11H,1,4-5H2. The van der Waals surface area contributed by atoms with E-state index in [1.54, 1.807) is 5.19 Å². The van der Waals surface area contributed by atoms with Crippen LogP contribution in [-0.2, 0) is 0 Å². The van der Waals surface area contributed by atoms with E-state index in [1.807, 2.05) is 6.20 Å². The van der Waals surface area contributed by atoms with E-state index < -0.39 is 8.80 Å². The quantitative estimate of drug-likeness (QED) is 0.526. The summed E-state index contributed by atoms with van der Waals surface area (Å²) in [4.78, 5) is 4.23. The Morgan fingerprint density at radius 1 is 1.36 bits per heavy atom. The molecule has 58 valence electrons. The van der Waals surface area contributed by atoms with E-state index in [2.05, 4.69) is 33.0 Å². The van der Waals surface area contributed by atoms with Gasteiger partial charge in [-0.1, -0.05) is 24.6 Å². The number of hydrogen-bond acceptors (Lipinski definition) is 1. The van der Waals surface area contributed by atoms with Crippen LogP contribution in [0.15, 0.2) is 22.9 Å². The summed E-state index contributed by atoms with van der Waals surface area (Å²) in [5.74, 6) is 0. The van der Waals surface area contributed by atoms with Crippen LogP contribution in [0, 0.1) is 0 Å². The fourth-order valence-electron chi connectivity index (χ4n) is 1.37. The first-order valence-corrected chi connectivity index (χ1v) is 6.98. The van der Waals surface area contributed by atoms with E-state index in [-0.39, 0.29) is 0 Å². The molecule has 0 bridgehead atoms. The largest absolute Gasteiger partial charge is 0.250 e. The molecule has 2 heterocycles. The lowest BCUT2D eigenvalue weighted by Gasteiger charge is -2.23. The normalized spacial score (nSPS) is 17.9. The Labute approximate surface area is 76.6 Å². The maximum Gasteiger partial charge on any atom is 0.106 e. The number of halogens is 1. The van der Waals surface area contributed by atoms with Crippen LogP contribution in [0.3, 0.4) is 0 Å². The van der Waals surface area contributed by atoms with Crippen molar-refractivity contribution in [2.75, 3.05) is 0 Å². The summed E-state index contributed by atoms with van der Waals surface area (Å²) in [5.41, 5.74) is 0. The Bertz CT molecular complexity index is 243. The molecule has 0 N–H and O–H groups in total. The second-order valence-electron chi connectivity index (χ2n) is 3.04. The Morgan fingerprint density at radius 3 is 2.64 bits per heavy atom. The topological polar surface area (TPSA) is 12.9 Å². The van der Waals surface area contributed by atoms with Gasteiger partial charge in [-0.15, -0.1) is 0 Å². The molecule has 0 radical (unpaired) electrons. The van der Waals surface area contributed by atoms with Gasteiger partial charge in [0.15, 0.2) is 0 Å². The molecule has 0 spiro atoms. The number of nitrogens with zero attached hydrogens (tertiary/aromatic N) is 1. The van der Waals surface area contributed by atoms with Crippen molar-refractivity contribution in [3.05, 3.63) is 22.9 Å². The smallest absolute Gasteiger partial charge is 0.106 e. The van der Waals surface area contributed by atoms with Gasteiger partial charge in [-0.25, -0.2) is 4.98 Å². The maximum atomic E-state index is 4.23. The lowest BCUT2D eigenvalue weighted by molar-refractivity contribution is 0.950. The summed E-state index contributed by atoms with van der Waals surface area (Å²) in [6.45, 7) is 0. The molecule has 0 amide bonds. The highest BCUT2D eigenvalue weighted by Gasteiger charge is 2.20. The first-order chi connectivity index (χ1) is 5.36. The molecule has 0 atom stereocenters. The lowest BCUT2D eigenvalue weighted by atomic mass is 10.5. The third kappa shape index (κ3) is 1.54. The molecular weight excluding hydrogens is 218 g/mol. The third-order valence-corrected chi connectivity index (χ3v) is 6.29. The van der Waals surface area contributed by atoms with Crippen LogP contribution < -0.4 is 5.19 Å². The fraction of sp³-hybridized carbons (Fsp3) is 0.375. The van der Waals surface area contributed by atoms with Crippen molar-refractivity contribution in [2.24, 2.45) is 0 Å². The van der Waals surface area contributed by atoms with Gasteiger partial charge in [0.2, 0.25) is 0 Å². The molecule has 0 aromatic carbocycles. The predicted octanol–water partition coefficient (Wildman–Crippen LogP) is 1.68. The van der Waals surface area contributed by atoms with E-state index in [9.17, 15) is 0 Å². The zero-order chi connectivity index (χ0) is 7.68. The second kappa shape index (κ2) is 3.07. The number of aromatic nitrogens is 1. The Hall–Kier alpha value is -0.153. The van der Waals surface area contributed by atoms with Gasteiger partial charge in [0.25, 0.3) is 0 Å². The molecule has 3 heteroatoms. The van der Waals surface area contributed by atoms with Crippen molar-refractivity contribution in [2.45, 2.75) is 18.5 Å². The molecule has 1 aromatic heterocycles. The molecule has 1 aromatic rings. The van der Waals surface area contributed by atoms with Gasteiger partial charge < -0.3 is 0 Å². The van der Waals surface area contributed by atoms with Gasteiger partial charge in [0.05, 0.1) is 8.80 Å². The second-order valence-corrected chi connectivity index (χ2v) is 7.07. The summed E-state index contributed by atoms with van der Waals surface area (Å²) >= 11 is 3.34. The van der Waals surface area contributed by atoms with Gasteiger partial charge in [0.1, 0.15) is 4.60 Å². The number of rotatable bonds is 1. The van der Waals surface area contributed by atoms with Crippen LogP contribution in [0.1, 0.15) is 6.42 Å². The minimum Gasteiger partial charge on any atom is -0.250 e. The van der Waals surface area contributed by atoms with E-state index in [0.717, 1.165) is 4.60 Å². The number of pyridine rings is 1. The van der Waals surface area contributed by atoms with E-state index in [0.29, 0.717) is 0 Å². The highest BCUT2D eigenvalue weighted by Crippen LogP contribution is 2.19. The summed E-state index contributed by atoms with van der Waals surface area (Å²) in [5, 5.41) is 1.54. The highest BCUT2D eigenvalue weighted by molar-refractivity contribution is 9.10. The van der Waals surface area contributed by atoms with Gasteiger partial charge in [-0.3, -0.25) is 0 Å². The Balaban J connectivity index is 2.18. The van der Waals surface area contributed by atoms with Crippen LogP contribution in [0.5, 0.6) is 0 Å². The van der Waals surface area contributed by atoms with E-state index in [4.69, 9.17) is 0 Å². The molecule has 0 aliphatic carbocycles. The molecule has 1 saturated heterocycles. The van der Waals surface area contributed by atoms with Crippen molar-refractivity contribution in [3.63, 3.8) is 0 Å². The molecule has 0 saturated carbocycles. The van der Waals surface area contributed by atoms with Gasteiger partial charge in [0, 0.05) is 6.20 Å². The fourth-order valence-corrected chi connectivity index (χ4v) is 3.74. The number of hydrogen-bond donors (Lipinski definition) is 0. The minimum absolute atomic E-state index is 0.463. The van der Waals surface area contributed by atoms with Gasteiger partial charge in [-0.05, 0) is 27.2 Å². The predicted molar refractivity (Wildman–Crippen MR) is 53.0 cm³/mol. The molecule has 1 aliphatic rings. The molecule has 0 unspecified atom stereocenters. The third-order valence-electron chi connectivity index (χ3n) is 2.33. The average Bonchev–Trinajstić information content (AvgIpc) is 1.90. The SMILES string of the molecule is Brc1ccc([SiH]2CCC2)cn1. The monoisotopic (exact) mass is 227 g/mol. The van der Waals surface area contributed by atoms with Crippen LogP contribution >= 0.6 is 15.9 Å². The molecular formula is C8H10BrNSi. The summed E-state index contributed by atoms with van der Waals surface area (Å²) in [6, 6.07) is 7.26. The van der Waals surface area contributed by atoms with E-state index >= 15 is 0 Å². The first kappa shape index (κ1) is 7.49. The van der Waals surface area contributed by atoms with Crippen molar-refractivity contribution in [1.82, 2.24) is 4.98 Å². The van der Waals surface area contributed by atoms with Crippen molar-refractivity contribution >= 4 is 29.9 Å². The highest BCUT2D eigenvalue weighted by atomic mass is 79.9. The molecule has 1 aliphatic heterocycles. The van der Waals surface area contributed by atoms with Crippen molar-refractivity contribution in [1.29, 1.82) is 0 Å². The zero-order valence-corrected chi connectivity index (χ0v) is 9.00. The first-order valence-electron chi connectivity index (χ1n) is 3.98. The van der Waals surface area contributed by atoms with Crippen LogP contribution in [0.2, 0.25) is 12.1 Å². The maximum absolute atomic E-state index is 4.23.